The maximum atomic E-state index is 13.5. The van der Waals surface area contributed by atoms with Crippen molar-refractivity contribution in [3.63, 3.8) is 0 Å². The maximum Gasteiger partial charge on any atom is 0.234 e. The standard InChI is InChI=1S/C15H19FN2O2/c16-13-6-2-1-5-11(13)9-12(19)10-18-8-4-3-7-14(18)15(17)20/h1-2,5-6,14H,3-4,7-10H2,(H2,17,20). The fourth-order valence-electron chi connectivity index (χ4n) is 2.64. The first kappa shape index (κ1) is 14.7. The molecule has 5 heteroatoms. The van der Waals surface area contributed by atoms with Gasteiger partial charge in [-0.3, -0.25) is 14.5 Å². The smallest absolute Gasteiger partial charge is 0.234 e. The molecule has 1 heterocycles. The molecule has 2 rings (SSSR count). The van der Waals surface area contributed by atoms with Gasteiger partial charge in [0.2, 0.25) is 5.91 Å². The van der Waals surface area contributed by atoms with Crippen LogP contribution in [0.2, 0.25) is 0 Å². The average Bonchev–Trinajstić information content (AvgIpc) is 2.41. The fourth-order valence-corrected chi connectivity index (χ4v) is 2.64. The molecule has 4 nitrogen and oxygen atoms in total. The van der Waals surface area contributed by atoms with E-state index < -0.39 is 0 Å². The van der Waals surface area contributed by atoms with E-state index in [9.17, 15) is 14.0 Å². The first-order valence-corrected chi connectivity index (χ1v) is 6.86. The summed E-state index contributed by atoms with van der Waals surface area (Å²) in [4.78, 5) is 25.2. The van der Waals surface area contributed by atoms with Gasteiger partial charge in [0, 0.05) is 6.42 Å². The molecule has 1 aromatic carbocycles. The molecule has 20 heavy (non-hydrogen) atoms. The number of benzene rings is 1. The topological polar surface area (TPSA) is 63.4 Å². The Balaban J connectivity index is 1.96. The number of hydrogen-bond donors (Lipinski definition) is 1. The van der Waals surface area contributed by atoms with Gasteiger partial charge in [0.15, 0.2) is 5.78 Å². The quantitative estimate of drug-likeness (QED) is 0.882. The number of nitrogens with two attached hydrogens (primary N) is 1. The lowest BCUT2D eigenvalue weighted by Gasteiger charge is -2.32. The summed E-state index contributed by atoms with van der Waals surface area (Å²) < 4.78 is 13.5. The van der Waals surface area contributed by atoms with Crippen LogP contribution in [-0.2, 0) is 16.0 Å². The summed E-state index contributed by atoms with van der Waals surface area (Å²) in [7, 11) is 0. The lowest BCUT2D eigenvalue weighted by atomic mass is 10.0. The molecule has 108 valence electrons. The molecule has 1 aliphatic heterocycles. The predicted octanol–water partition coefficient (Wildman–Crippen LogP) is 1.28. The van der Waals surface area contributed by atoms with Crippen molar-refractivity contribution in [3.05, 3.63) is 35.6 Å². The molecule has 0 aromatic heterocycles. The van der Waals surface area contributed by atoms with Gasteiger partial charge in [0.1, 0.15) is 5.82 Å². The Bertz CT molecular complexity index is 504. The van der Waals surface area contributed by atoms with Crippen molar-refractivity contribution in [2.75, 3.05) is 13.1 Å². The van der Waals surface area contributed by atoms with Crippen molar-refractivity contribution in [1.29, 1.82) is 0 Å². The summed E-state index contributed by atoms with van der Waals surface area (Å²) in [6.45, 7) is 0.846. The zero-order valence-electron chi connectivity index (χ0n) is 11.3. The molecule has 1 atom stereocenters. The number of primary amides is 1. The van der Waals surface area contributed by atoms with Crippen LogP contribution in [0.15, 0.2) is 24.3 Å². The SMILES string of the molecule is NC(=O)C1CCCCN1CC(=O)Cc1ccccc1F. The van der Waals surface area contributed by atoms with Crippen LogP contribution in [0.25, 0.3) is 0 Å². The largest absolute Gasteiger partial charge is 0.368 e. The molecule has 1 fully saturated rings. The van der Waals surface area contributed by atoms with E-state index >= 15 is 0 Å². The van der Waals surface area contributed by atoms with Crippen LogP contribution in [0.4, 0.5) is 4.39 Å². The second-order valence-electron chi connectivity index (χ2n) is 5.19. The van der Waals surface area contributed by atoms with Gasteiger partial charge >= 0.3 is 0 Å². The zero-order chi connectivity index (χ0) is 14.5. The highest BCUT2D eigenvalue weighted by molar-refractivity contribution is 5.85. The number of likely N-dealkylation sites (tertiary alicyclic amines) is 1. The maximum absolute atomic E-state index is 13.5. The van der Waals surface area contributed by atoms with E-state index in [4.69, 9.17) is 5.73 Å². The zero-order valence-corrected chi connectivity index (χ0v) is 11.3. The number of Topliss-reactive ketones (excluding diaryl/α,β-unsaturated/α-hetero) is 1. The molecule has 2 N–H and O–H groups in total. The third-order valence-corrected chi connectivity index (χ3v) is 3.67. The molecule has 1 aromatic rings. The van der Waals surface area contributed by atoms with E-state index in [1.54, 1.807) is 18.2 Å². The minimum Gasteiger partial charge on any atom is -0.368 e. The highest BCUT2D eigenvalue weighted by atomic mass is 19.1. The molecule has 0 saturated carbocycles. The van der Waals surface area contributed by atoms with E-state index in [0.717, 1.165) is 12.8 Å². The van der Waals surface area contributed by atoms with E-state index in [0.29, 0.717) is 18.5 Å². The summed E-state index contributed by atoms with van der Waals surface area (Å²) in [6, 6.07) is 5.88. The number of halogens is 1. The van der Waals surface area contributed by atoms with E-state index in [1.165, 1.54) is 6.07 Å². The number of nitrogens with zero attached hydrogens (tertiary/aromatic N) is 1. The Morgan fingerprint density at radius 1 is 1.30 bits per heavy atom. The molecule has 1 unspecified atom stereocenters. The van der Waals surface area contributed by atoms with Gasteiger partial charge in [-0.25, -0.2) is 4.39 Å². The van der Waals surface area contributed by atoms with E-state index in [-0.39, 0.29) is 36.5 Å². The van der Waals surface area contributed by atoms with Crippen LogP contribution in [0.3, 0.4) is 0 Å². The molecule has 0 radical (unpaired) electrons. The predicted molar refractivity (Wildman–Crippen MR) is 73.5 cm³/mol. The van der Waals surface area contributed by atoms with Crippen molar-refractivity contribution < 1.29 is 14.0 Å². The van der Waals surface area contributed by atoms with Crippen molar-refractivity contribution in [1.82, 2.24) is 4.90 Å². The van der Waals surface area contributed by atoms with Crippen LogP contribution in [0.5, 0.6) is 0 Å². The van der Waals surface area contributed by atoms with Crippen LogP contribution in [0, 0.1) is 5.82 Å². The number of hydrogen-bond acceptors (Lipinski definition) is 3. The Kier molecular flexibility index (Phi) is 4.84. The minimum absolute atomic E-state index is 0.0503. The summed E-state index contributed by atoms with van der Waals surface area (Å²) in [5.41, 5.74) is 5.75. The van der Waals surface area contributed by atoms with Crippen LogP contribution in [-0.4, -0.2) is 35.7 Å². The van der Waals surface area contributed by atoms with Crippen molar-refractivity contribution in [2.45, 2.75) is 31.7 Å². The number of carbonyl (C=O) groups excluding carboxylic acids is 2. The van der Waals surface area contributed by atoms with Gasteiger partial charge in [-0.1, -0.05) is 24.6 Å². The van der Waals surface area contributed by atoms with Crippen molar-refractivity contribution in [2.24, 2.45) is 5.73 Å². The van der Waals surface area contributed by atoms with Gasteiger partial charge in [0.25, 0.3) is 0 Å². The second kappa shape index (κ2) is 6.61. The number of carbonyl (C=O) groups is 2. The molecule has 1 saturated heterocycles. The van der Waals surface area contributed by atoms with Crippen LogP contribution >= 0.6 is 0 Å². The molecule has 0 aliphatic carbocycles. The average molecular weight is 278 g/mol. The monoisotopic (exact) mass is 278 g/mol. The van der Waals surface area contributed by atoms with Crippen molar-refractivity contribution in [3.8, 4) is 0 Å². The highest BCUT2D eigenvalue weighted by Gasteiger charge is 2.28. The van der Waals surface area contributed by atoms with Gasteiger partial charge in [-0.2, -0.15) is 0 Å². The summed E-state index contributed by atoms with van der Waals surface area (Å²) in [5.74, 6) is -0.849. The molecule has 1 amide bonds. The van der Waals surface area contributed by atoms with E-state index in [1.807, 2.05) is 4.90 Å². The third-order valence-electron chi connectivity index (χ3n) is 3.67. The Labute approximate surface area is 117 Å². The number of amides is 1. The molecule has 0 bridgehead atoms. The number of ketones is 1. The lowest BCUT2D eigenvalue weighted by molar-refractivity contribution is -0.127. The normalized spacial score (nSPS) is 19.8. The Morgan fingerprint density at radius 2 is 2.05 bits per heavy atom. The Hall–Kier alpha value is -1.75. The van der Waals surface area contributed by atoms with Crippen molar-refractivity contribution >= 4 is 11.7 Å². The summed E-state index contributed by atoms with van der Waals surface area (Å²) in [5, 5.41) is 0. The first-order valence-electron chi connectivity index (χ1n) is 6.86. The molecular weight excluding hydrogens is 259 g/mol. The van der Waals surface area contributed by atoms with Gasteiger partial charge in [0.05, 0.1) is 12.6 Å². The van der Waals surface area contributed by atoms with Gasteiger partial charge in [-0.15, -0.1) is 0 Å². The minimum atomic E-state index is -0.386. The Morgan fingerprint density at radius 3 is 2.75 bits per heavy atom. The molecule has 0 spiro atoms. The fraction of sp³-hybridized carbons (Fsp3) is 0.467. The first-order chi connectivity index (χ1) is 9.58. The summed E-state index contributed by atoms with van der Waals surface area (Å²) >= 11 is 0. The number of rotatable bonds is 5. The summed E-state index contributed by atoms with van der Waals surface area (Å²) in [6.07, 6.45) is 2.65. The molecular formula is C15H19FN2O2. The lowest BCUT2D eigenvalue weighted by Crippen LogP contribution is -2.49. The molecule has 1 aliphatic rings. The highest BCUT2D eigenvalue weighted by Crippen LogP contribution is 2.17. The van der Waals surface area contributed by atoms with Crippen LogP contribution in [0.1, 0.15) is 24.8 Å². The third kappa shape index (κ3) is 3.63. The number of piperidine rings is 1. The van der Waals surface area contributed by atoms with E-state index in [2.05, 4.69) is 0 Å². The van der Waals surface area contributed by atoms with Crippen LogP contribution < -0.4 is 5.73 Å². The van der Waals surface area contributed by atoms with Gasteiger partial charge < -0.3 is 5.73 Å². The second-order valence-corrected chi connectivity index (χ2v) is 5.19. The van der Waals surface area contributed by atoms with Gasteiger partial charge in [-0.05, 0) is 31.0 Å².